The molecule has 1 aromatic rings. The highest BCUT2D eigenvalue weighted by Crippen LogP contribution is 2.24. The van der Waals surface area contributed by atoms with Crippen LogP contribution >= 0.6 is 0 Å². The molecule has 1 fully saturated rings. The lowest BCUT2D eigenvalue weighted by Crippen LogP contribution is -2.35. The van der Waals surface area contributed by atoms with Crippen LogP contribution in [0, 0.1) is 17.6 Å². The Morgan fingerprint density at radius 3 is 2.47 bits per heavy atom. The molecule has 0 spiro atoms. The van der Waals surface area contributed by atoms with E-state index in [4.69, 9.17) is 0 Å². The van der Waals surface area contributed by atoms with Crippen LogP contribution in [0.15, 0.2) is 18.2 Å². The monoisotopic (exact) mass is 269 g/mol. The molecule has 0 saturated heterocycles. The second-order valence-electron chi connectivity index (χ2n) is 5.44. The summed E-state index contributed by atoms with van der Waals surface area (Å²) in [6.07, 6.45) is 3.85. The minimum atomic E-state index is -0.554. The molecule has 0 amide bonds. The Morgan fingerprint density at radius 2 is 1.84 bits per heavy atom. The van der Waals surface area contributed by atoms with Gasteiger partial charge in [-0.2, -0.15) is 0 Å². The molecule has 3 atom stereocenters. The van der Waals surface area contributed by atoms with E-state index >= 15 is 0 Å². The molecular weight excluding hydrogens is 248 g/mol. The van der Waals surface area contributed by atoms with Crippen molar-refractivity contribution in [2.75, 3.05) is 6.54 Å². The van der Waals surface area contributed by atoms with Crippen LogP contribution < -0.4 is 5.32 Å². The maximum atomic E-state index is 13.1. The van der Waals surface area contributed by atoms with Crippen molar-refractivity contribution in [3.05, 3.63) is 35.4 Å². The molecule has 106 valence electrons. The Balaban J connectivity index is 1.91. The number of aliphatic hydroxyl groups excluding tert-OH is 1. The topological polar surface area (TPSA) is 32.3 Å². The van der Waals surface area contributed by atoms with Gasteiger partial charge in [0.15, 0.2) is 0 Å². The number of aliphatic hydroxyl groups is 1. The molecule has 4 heteroatoms. The highest BCUT2D eigenvalue weighted by atomic mass is 19.1. The molecule has 0 aromatic heterocycles. The Morgan fingerprint density at radius 1 is 1.21 bits per heavy atom. The predicted octanol–water partition coefficient (Wildman–Crippen LogP) is 3.17. The Kier molecular flexibility index (Phi) is 4.88. The van der Waals surface area contributed by atoms with Crippen LogP contribution in [-0.2, 0) is 0 Å². The van der Waals surface area contributed by atoms with Gasteiger partial charge in [-0.1, -0.05) is 12.8 Å². The van der Waals surface area contributed by atoms with Crippen molar-refractivity contribution in [3.63, 3.8) is 0 Å². The van der Waals surface area contributed by atoms with E-state index < -0.39 is 11.6 Å². The summed E-state index contributed by atoms with van der Waals surface area (Å²) in [6, 6.07) is 3.44. The first kappa shape index (κ1) is 14.4. The number of hydrogen-bond acceptors (Lipinski definition) is 2. The molecule has 2 rings (SSSR count). The Bertz CT molecular complexity index is 404. The predicted molar refractivity (Wildman–Crippen MR) is 70.7 cm³/mol. The molecule has 2 nitrogen and oxygen atoms in total. The largest absolute Gasteiger partial charge is 0.393 e. The van der Waals surface area contributed by atoms with Crippen molar-refractivity contribution >= 4 is 0 Å². The summed E-state index contributed by atoms with van der Waals surface area (Å²) in [5.41, 5.74) is 0.600. The third kappa shape index (κ3) is 3.98. The van der Waals surface area contributed by atoms with Crippen LogP contribution in [0.3, 0.4) is 0 Å². The molecule has 0 radical (unpaired) electrons. The fourth-order valence-corrected chi connectivity index (χ4v) is 2.70. The first-order valence-electron chi connectivity index (χ1n) is 6.93. The summed E-state index contributed by atoms with van der Waals surface area (Å²) in [4.78, 5) is 0. The van der Waals surface area contributed by atoms with Gasteiger partial charge in [-0.25, -0.2) is 8.78 Å². The van der Waals surface area contributed by atoms with Crippen molar-refractivity contribution in [1.29, 1.82) is 0 Å². The van der Waals surface area contributed by atoms with Crippen molar-refractivity contribution in [3.8, 4) is 0 Å². The summed E-state index contributed by atoms with van der Waals surface area (Å²) < 4.78 is 26.3. The van der Waals surface area contributed by atoms with E-state index in [-0.39, 0.29) is 18.1 Å². The first-order chi connectivity index (χ1) is 9.06. The lowest BCUT2D eigenvalue weighted by molar-refractivity contribution is 0.0684. The van der Waals surface area contributed by atoms with Crippen LogP contribution in [0.2, 0.25) is 0 Å². The molecule has 0 bridgehead atoms. The molecule has 1 saturated carbocycles. The highest BCUT2D eigenvalue weighted by Gasteiger charge is 2.23. The molecule has 2 N–H and O–H groups in total. The summed E-state index contributed by atoms with van der Waals surface area (Å²) >= 11 is 0. The van der Waals surface area contributed by atoms with Gasteiger partial charge in [-0.05, 0) is 43.4 Å². The summed E-state index contributed by atoms with van der Waals surface area (Å²) in [5.74, 6) is -0.864. The third-order valence-corrected chi connectivity index (χ3v) is 3.94. The van der Waals surface area contributed by atoms with Gasteiger partial charge in [-0.3, -0.25) is 0 Å². The van der Waals surface area contributed by atoms with E-state index in [2.05, 4.69) is 5.32 Å². The van der Waals surface area contributed by atoms with Crippen molar-refractivity contribution < 1.29 is 13.9 Å². The molecule has 3 unspecified atom stereocenters. The van der Waals surface area contributed by atoms with Gasteiger partial charge >= 0.3 is 0 Å². The van der Waals surface area contributed by atoms with Crippen LogP contribution in [0.4, 0.5) is 8.78 Å². The maximum Gasteiger partial charge on any atom is 0.126 e. The van der Waals surface area contributed by atoms with Gasteiger partial charge in [-0.15, -0.1) is 0 Å². The molecule has 1 aliphatic carbocycles. The molecule has 0 aliphatic heterocycles. The second-order valence-corrected chi connectivity index (χ2v) is 5.44. The zero-order valence-electron chi connectivity index (χ0n) is 11.2. The lowest BCUT2D eigenvalue weighted by Gasteiger charge is -2.29. The van der Waals surface area contributed by atoms with E-state index in [0.717, 1.165) is 31.7 Å². The van der Waals surface area contributed by atoms with Gasteiger partial charge < -0.3 is 10.4 Å². The Hall–Kier alpha value is -1.00. The van der Waals surface area contributed by atoms with Crippen LogP contribution in [0.1, 0.15) is 44.2 Å². The standard InChI is InChI=1S/C15H21F2NO/c1-10(12-6-13(16)8-14(17)7-12)18-9-11-4-2-3-5-15(11)19/h6-8,10-11,15,18-19H,2-5,9H2,1H3. The van der Waals surface area contributed by atoms with Crippen LogP contribution in [0.5, 0.6) is 0 Å². The quantitative estimate of drug-likeness (QED) is 0.880. The summed E-state index contributed by atoms with van der Waals surface area (Å²) in [6.45, 7) is 2.56. The third-order valence-electron chi connectivity index (χ3n) is 3.94. The van der Waals surface area contributed by atoms with Crippen molar-refractivity contribution in [2.45, 2.75) is 44.8 Å². The van der Waals surface area contributed by atoms with E-state index in [0.29, 0.717) is 12.1 Å². The average Bonchev–Trinajstić information content (AvgIpc) is 2.36. The fraction of sp³-hybridized carbons (Fsp3) is 0.600. The smallest absolute Gasteiger partial charge is 0.126 e. The summed E-state index contributed by atoms with van der Waals surface area (Å²) in [7, 11) is 0. The number of nitrogens with one attached hydrogen (secondary N) is 1. The minimum Gasteiger partial charge on any atom is -0.393 e. The maximum absolute atomic E-state index is 13.1. The SMILES string of the molecule is CC(NCC1CCCCC1O)c1cc(F)cc(F)c1. The lowest BCUT2D eigenvalue weighted by atomic mass is 9.86. The van der Waals surface area contributed by atoms with Gasteiger partial charge in [0, 0.05) is 18.7 Å². The van der Waals surface area contributed by atoms with Gasteiger partial charge in [0.25, 0.3) is 0 Å². The highest BCUT2D eigenvalue weighted by molar-refractivity contribution is 5.20. The number of hydrogen-bond donors (Lipinski definition) is 2. The number of benzene rings is 1. The van der Waals surface area contributed by atoms with Crippen molar-refractivity contribution in [1.82, 2.24) is 5.32 Å². The molecular formula is C15H21F2NO. The van der Waals surface area contributed by atoms with E-state index in [9.17, 15) is 13.9 Å². The zero-order valence-corrected chi connectivity index (χ0v) is 11.2. The van der Waals surface area contributed by atoms with Gasteiger partial charge in [0.2, 0.25) is 0 Å². The number of rotatable bonds is 4. The second kappa shape index (κ2) is 6.44. The molecule has 1 aliphatic rings. The average molecular weight is 269 g/mol. The van der Waals surface area contributed by atoms with Crippen molar-refractivity contribution in [2.24, 2.45) is 5.92 Å². The molecule has 1 aromatic carbocycles. The normalized spacial score (nSPS) is 25.3. The van der Waals surface area contributed by atoms with E-state index in [1.54, 1.807) is 0 Å². The summed E-state index contributed by atoms with van der Waals surface area (Å²) in [5, 5.41) is 13.1. The van der Waals surface area contributed by atoms with Crippen LogP contribution in [-0.4, -0.2) is 17.8 Å². The van der Waals surface area contributed by atoms with Gasteiger partial charge in [0.1, 0.15) is 11.6 Å². The number of halogens is 2. The van der Waals surface area contributed by atoms with E-state index in [1.807, 2.05) is 6.92 Å². The zero-order chi connectivity index (χ0) is 13.8. The minimum absolute atomic E-state index is 0.126. The van der Waals surface area contributed by atoms with Gasteiger partial charge in [0.05, 0.1) is 6.10 Å². The molecule has 19 heavy (non-hydrogen) atoms. The molecule has 0 heterocycles. The first-order valence-corrected chi connectivity index (χ1v) is 6.93. The fourth-order valence-electron chi connectivity index (χ4n) is 2.70. The van der Waals surface area contributed by atoms with Crippen LogP contribution in [0.25, 0.3) is 0 Å². The Labute approximate surface area is 112 Å². The van der Waals surface area contributed by atoms with E-state index in [1.165, 1.54) is 12.1 Å².